The van der Waals surface area contributed by atoms with Gasteiger partial charge in [-0.2, -0.15) is 0 Å². The van der Waals surface area contributed by atoms with Crippen molar-refractivity contribution in [2.75, 3.05) is 53.6 Å². The molecule has 0 saturated carbocycles. The summed E-state index contributed by atoms with van der Waals surface area (Å²) in [6.07, 6.45) is 0. The number of methoxy groups -OCH3 is 1. The second-order valence-electron chi connectivity index (χ2n) is 9.11. The molecule has 3 aromatic carbocycles. The van der Waals surface area contributed by atoms with Crippen molar-refractivity contribution >= 4 is 37.1 Å². The Morgan fingerprint density at radius 1 is 0.868 bits per heavy atom. The van der Waals surface area contributed by atoms with E-state index < -0.39 is 26.1 Å². The summed E-state index contributed by atoms with van der Waals surface area (Å²) < 4.78 is 62.2. The Hall–Kier alpha value is -3.28. The minimum atomic E-state index is -4.00. The highest BCUT2D eigenvalue weighted by Crippen LogP contribution is 2.32. The van der Waals surface area contributed by atoms with Crippen LogP contribution in [0.15, 0.2) is 77.7 Å². The van der Waals surface area contributed by atoms with Crippen LogP contribution in [-0.2, 0) is 20.0 Å². The van der Waals surface area contributed by atoms with Gasteiger partial charge in [-0.25, -0.2) is 21.6 Å². The van der Waals surface area contributed by atoms with Crippen LogP contribution in [-0.4, -0.2) is 55.9 Å². The van der Waals surface area contributed by atoms with Gasteiger partial charge in [0.15, 0.2) is 0 Å². The van der Waals surface area contributed by atoms with E-state index in [1.807, 2.05) is 59.5 Å². The first-order chi connectivity index (χ1) is 18.1. The zero-order valence-corrected chi connectivity index (χ0v) is 23.4. The summed E-state index contributed by atoms with van der Waals surface area (Å²) in [4.78, 5) is 4.30. The average Bonchev–Trinajstić information content (AvgIpc) is 2.93. The summed E-state index contributed by atoms with van der Waals surface area (Å²) in [5, 5.41) is 0. The van der Waals surface area contributed by atoms with E-state index in [2.05, 4.69) is 14.3 Å². The minimum Gasteiger partial charge on any atom is -0.497 e. The first-order valence-corrected chi connectivity index (χ1v) is 15.6. The van der Waals surface area contributed by atoms with Gasteiger partial charge in [0.2, 0.25) is 20.0 Å². The Balaban J connectivity index is 1.61. The van der Waals surface area contributed by atoms with Gasteiger partial charge in [-0.05, 0) is 61.9 Å². The van der Waals surface area contributed by atoms with E-state index in [0.717, 1.165) is 17.0 Å². The number of benzene rings is 3. The Morgan fingerprint density at radius 3 is 2.11 bits per heavy atom. The maximum Gasteiger partial charge on any atom is 0.243 e. The summed E-state index contributed by atoms with van der Waals surface area (Å²) in [5.41, 5.74) is 2.64. The zero-order chi connectivity index (χ0) is 27.3. The number of hydrogen-bond donors (Lipinski definition) is 2. The molecule has 0 aliphatic carbocycles. The number of nitrogens with one attached hydrogen (secondary N) is 2. The number of rotatable bonds is 10. The third-order valence-corrected chi connectivity index (χ3v) is 9.47. The van der Waals surface area contributed by atoms with Gasteiger partial charge in [0.25, 0.3) is 0 Å². The molecule has 2 N–H and O–H groups in total. The second kappa shape index (κ2) is 11.6. The van der Waals surface area contributed by atoms with Gasteiger partial charge in [0.1, 0.15) is 10.6 Å². The second-order valence-corrected chi connectivity index (χ2v) is 12.8. The molecular weight excluding hydrogens is 524 g/mol. The van der Waals surface area contributed by atoms with Crippen molar-refractivity contribution in [2.24, 2.45) is 0 Å². The van der Waals surface area contributed by atoms with E-state index in [1.165, 1.54) is 13.0 Å². The third kappa shape index (κ3) is 6.58. The van der Waals surface area contributed by atoms with Crippen LogP contribution in [0.1, 0.15) is 25.5 Å². The molecule has 4 rings (SSSR count). The molecule has 0 radical (unpaired) electrons. The molecule has 1 aliphatic rings. The Morgan fingerprint density at radius 2 is 1.50 bits per heavy atom. The highest BCUT2D eigenvalue weighted by Gasteiger charge is 2.27. The lowest BCUT2D eigenvalue weighted by molar-refractivity contribution is 0.415. The molecule has 1 atom stereocenters. The van der Waals surface area contributed by atoms with E-state index in [4.69, 9.17) is 4.74 Å². The molecule has 1 unspecified atom stereocenters. The van der Waals surface area contributed by atoms with Crippen LogP contribution in [0.4, 0.5) is 17.1 Å². The largest absolute Gasteiger partial charge is 0.497 e. The first-order valence-electron chi connectivity index (χ1n) is 12.5. The molecule has 1 heterocycles. The average molecular weight is 559 g/mol. The molecule has 9 nitrogen and oxygen atoms in total. The summed E-state index contributed by atoms with van der Waals surface area (Å²) in [5.74, 6) is 0.672. The number of hydrogen-bond acceptors (Lipinski definition) is 7. The van der Waals surface area contributed by atoms with Crippen molar-refractivity contribution in [1.82, 2.24) is 4.72 Å². The van der Waals surface area contributed by atoms with Crippen LogP contribution < -0.4 is 24.0 Å². The lowest BCUT2D eigenvalue weighted by atomic mass is 10.1. The fourth-order valence-electron chi connectivity index (χ4n) is 4.41. The van der Waals surface area contributed by atoms with Gasteiger partial charge in [-0.3, -0.25) is 4.72 Å². The predicted octanol–water partition coefficient (Wildman–Crippen LogP) is 3.82. The maximum absolute atomic E-state index is 13.7. The molecule has 11 heteroatoms. The van der Waals surface area contributed by atoms with Gasteiger partial charge < -0.3 is 14.5 Å². The monoisotopic (exact) mass is 558 g/mol. The van der Waals surface area contributed by atoms with Gasteiger partial charge >= 0.3 is 0 Å². The fraction of sp³-hybridized carbons (Fsp3) is 0.333. The molecule has 1 fully saturated rings. The van der Waals surface area contributed by atoms with Gasteiger partial charge in [0.05, 0.1) is 18.6 Å². The van der Waals surface area contributed by atoms with Crippen LogP contribution in [0.5, 0.6) is 5.75 Å². The van der Waals surface area contributed by atoms with Crippen LogP contribution >= 0.6 is 0 Å². The summed E-state index contributed by atoms with van der Waals surface area (Å²) in [6, 6.07) is 21.4. The van der Waals surface area contributed by atoms with E-state index in [-0.39, 0.29) is 16.3 Å². The highest BCUT2D eigenvalue weighted by atomic mass is 32.2. The van der Waals surface area contributed by atoms with Crippen molar-refractivity contribution in [3.05, 3.63) is 78.4 Å². The number of nitrogens with zero attached hydrogens (tertiary/aromatic N) is 2. The first kappa shape index (κ1) is 27.7. The van der Waals surface area contributed by atoms with Crippen LogP contribution in [0.3, 0.4) is 0 Å². The zero-order valence-electron chi connectivity index (χ0n) is 21.8. The predicted molar refractivity (Wildman–Crippen MR) is 152 cm³/mol. The van der Waals surface area contributed by atoms with Crippen molar-refractivity contribution in [1.29, 1.82) is 0 Å². The van der Waals surface area contributed by atoms with Crippen LogP contribution in [0.25, 0.3) is 0 Å². The molecule has 3 aromatic rings. The number of sulfonamides is 2. The SMILES string of the molecule is CCS(=O)(=O)Nc1ccc(N2CCN(c3ccc(OC)cc3)CC2)c(S(=O)(=O)NC(C)c2ccccc2)c1. The standard InChI is InChI=1S/C27H34N4O5S2/c1-4-37(32,33)29-23-10-15-26(27(20-23)38(34,35)28-21(2)22-8-6-5-7-9-22)31-18-16-30(17-19-31)24-11-13-25(36-3)14-12-24/h5-15,20-21,28-29H,4,16-19H2,1-3H3. The smallest absolute Gasteiger partial charge is 0.243 e. The van der Waals surface area contributed by atoms with Crippen LogP contribution in [0, 0.1) is 0 Å². The maximum atomic E-state index is 13.7. The molecule has 38 heavy (non-hydrogen) atoms. The number of ether oxygens (including phenoxy) is 1. The third-order valence-electron chi connectivity index (χ3n) is 6.59. The van der Waals surface area contributed by atoms with Crippen molar-refractivity contribution in [2.45, 2.75) is 24.8 Å². The normalized spacial score (nSPS) is 15.2. The lowest BCUT2D eigenvalue weighted by Gasteiger charge is -2.38. The van der Waals surface area contributed by atoms with Crippen molar-refractivity contribution in [3.63, 3.8) is 0 Å². The van der Waals surface area contributed by atoms with Crippen molar-refractivity contribution < 1.29 is 21.6 Å². The number of anilines is 3. The van der Waals surface area contributed by atoms with Gasteiger partial charge in [-0.15, -0.1) is 0 Å². The molecule has 1 aliphatic heterocycles. The van der Waals surface area contributed by atoms with E-state index in [9.17, 15) is 16.8 Å². The quantitative estimate of drug-likeness (QED) is 0.390. The molecule has 0 bridgehead atoms. The summed E-state index contributed by atoms with van der Waals surface area (Å²) >= 11 is 0. The van der Waals surface area contributed by atoms with E-state index >= 15 is 0 Å². The highest BCUT2D eigenvalue weighted by molar-refractivity contribution is 7.92. The molecule has 204 valence electrons. The molecule has 1 saturated heterocycles. The van der Waals surface area contributed by atoms with Crippen molar-refractivity contribution in [3.8, 4) is 5.75 Å². The van der Waals surface area contributed by atoms with E-state index in [0.29, 0.717) is 31.9 Å². The molecule has 0 spiro atoms. The Kier molecular flexibility index (Phi) is 8.49. The van der Waals surface area contributed by atoms with Gasteiger partial charge in [-0.1, -0.05) is 30.3 Å². The molecule has 0 aromatic heterocycles. The molecule has 0 amide bonds. The van der Waals surface area contributed by atoms with Crippen LogP contribution in [0.2, 0.25) is 0 Å². The minimum absolute atomic E-state index is 0.0366. The lowest BCUT2D eigenvalue weighted by Crippen LogP contribution is -2.47. The Bertz CT molecular complexity index is 1440. The van der Waals surface area contributed by atoms with Gasteiger partial charge in [0, 0.05) is 43.6 Å². The summed E-state index contributed by atoms with van der Waals surface area (Å²) in [6.45, 7) is 5.91. The van der Waals surface area contributed by atoms with E-state index in [1.54, 1.807) is 26.2 Å². The number of piperazine rings is 1. The summed E-state index contributed by atoms with van der Waals surface area (Å²) in [7, 11) is -5.94. The topological polar surface area (TPSA) is 108 Å². The Labute approximate surface area is 225 Å². The fourth-order valence-corrected chi connectivity index (χ4v) is 6.52. The molecular formula is C27H34N4O5S2.